The molecular weight excluding hydrogens is 456 g/mol. The van der Waals surface area contributed by atoms with E-state index in [-0.39, 0.29) is 18.6 Å². The van der Waals surface area contributed by atoms with E-state index in [1.54, 1.807) is 30.2 Å². The lowest BCUT2D eigenvalue weighted by Gasteiger charge is -2.31. The van der Waals surface area contributed by atoms with Crippen LogP contribution in [0.15, 0.2) is 62.7 Å². The molecule has 0 atom stereocenters. The van der Waals surface area contributed by atoms with Crippen molar-refractivity contribution in [2.45, 2.75) is 19.4 Å². The molecule has 1 heterocycles. The third kappa shape index (κ3) is 7.66. The Bertz CT molecular complexity index is 787. The molecule has 1 aromatic carbocycles. The maximum atomic E-state index is 12.3. The molecule has 6 nitrogen and oxygen atoms in total. The van der Waals surface area contributed by atoms with E-state index in [1.807, 2.05) is 36.4 Å². The molecule has 0 bridgehead atoms. The number of aliphatic imine (C=N–C) groups is 1. The minimum atomic E-state index is -0.278. The molecule has 1 saturated heterocycles. The van der Waals surface area contributed by atoms with Crippen molar-refractivity contribution in [3.05, 3.63) is 58.2 Å². The summed E-state index contributed by atoms with van der Waals surface area (Å²) in [6.07, 6.45) is 4.72. The van der Waals surface area contributed by atoms with Crippen LogP contribution in [-0.2, 0) is 11.3 Å². The number of hydrazone groups is 1. The van der Waals surface area contributed by atoms with E-state index < -0.39 is 0 Å². The topological polar surface area (TPSA) is 57.5 Å². The maximum Gasteiger partial charge on any atom is 0.410 e. The van der Waals surface area contributed by atoms with Crippen LogP contribution in [0.4, 0.5) is 4.79 Å². The highest BCUT2D eigenvalue weighted by Gasteiger charge is 2.26. The van der Waals surface area contributed by atoms with Gasteiger partial charge in [-0.1, -0.05) is 48.5 Å². The number of nitrogens with zero attached hydrogens (tertiary/aromatic N) is 4. The fraction of sp³-hybridized carbons (Fsp3) is 0.381. The van der Waals surface area contributed by atoms with Gasteiger partial charge in [0.1, 0.15) is 11.8 Å². The van der Waals surface area contributed by atoms with Crippen molar-refractivity contribution in [3.8, 4) is 0 Å². The average molecular weight is 482 g/mol. The lowest BCUT2D eigenvalue weighted by Crippen LogP contribution is -2.40. The number of piperidine rings is 1. The second-order valence-corrected chi connectivity index (χ2v) is 8.04. The zero-order valence-corrected chi connectivity index (χ0v) is 19.1. The van der Waals surface area contributed by atoms with Gasteiger partial charge in [0.15, 0.2) is 0 Å². The van der Waals surface area contributed by atoms with Gasteiger partial charge in [0.05, 0.1) is 6.21 Å². The summed E-state index contributed by atoms with van der Waals surface area (Å²) in [5.41, 5.74) is 1.87. The van der Waals surface area contributed by atoms with Gasteiger partial charge in [-0.25, -0.2) is 4.79 Å². The minimum absolute atomic E-state index is 0.232. The second kappa shape index (κ2) is 11.8. The molecule has 156 valence electrons. The quantitative estimate of drug-likeness (QED) is 0.312. The van der Waals surface area contributed by atoms with Crippen molar-refractivity contribution in [1.29, 1.82) is 0 Å². The van der Waals surface area contributed by atoms with E-state index in [2.05, 4.69) is 32.6 Å². The standard InChI is InChI=1S/C21H26BrClN4O2/c1-16(22)14-25-26(3)20(23)13-19(24-2)18-9-11-27(12-10-18)21(28)29-15-17-7-5-4-6-8-17/h4-8,13-14,18H,1,9-12,15H2,2-3H3/b20-13-,24-19+,25-14-. The first-order chi connectivity index (χ1) is 13.9. The van der Waals surface area contributed by atoms with Crippen LogP contribution in [0, 0.1) is 5.92 Å². The monoisotopic (exact) mass is 480 g/mol. The first-order valence-corrected chi connectivity index (χ1v) is 10.5. The number of hydrogen-bond acceptors (Lipinski definition) is 5. The van der Waals surface area contributed by atoms with Crippen LogP contribution in [0.2, 0.25) is 0 Å². The number of amides is 1. The van der Waals surface area contributed by atoms with Gasteiger partial charge in [-0.05, 0) is 40.4 Å². The molecular formula is C21H26BrClN4O2. The molecule has 2 rings (SSSR count). The van der Waals surface area contributed by atoms with Gasteiger partial charge < -0.3 is 9.64 Å². The van der Waals surface area contributed by atoms with Gasteiger partial charge in [-0.3, -0.25) is 10.0 Å². The molecule has 1 aromatic rings. The zero-order valence-electron chi connectivity index (χ0n) is 16.7. The summed E-state index contributed by atoms with van der Waals surface area (Å²) < 4.78 is 6.08. The van der Waals surface area contributed by atoms with Crippen molar-refractivity contribution in [1.82, 2.24) is 9.91 Å². The Morgan fingerprint density at radius 2 is 2.03 bits per heavy atom. The molecule has 1 aliphatic rings. The van der Waals surface area contributed by atoms with Gasteiger partial charge in [-0.15, -0.1) is 0 Å². The van der Waals surface area contributed by atoms with Gasteiger partial charge in [0, 0.05) is 43.3 Å². The van der Waals surface area contributed by atoms with Crippen molar-refractivity contribution < 1.29 is 9.53 Å². The van der Waals surface area contributed by atoms with E-state index >= 15 is 0 Å². The number of benzene rings is 1. The molecule has 29 heavy (non-hydrogen) atoms. The summed E-state index contributed by atoms with van der Waals surface area (Å²) in [6, 6.07) is 9.67. The number of halogens is 2. The predicted octanol–water partition coefficient (Wildman–Crippen LogP) is 5.01. The predicted molar refractivity (Wildman–Crippen MR) is 123 cm³/mol. The Kier molecular flexibility index (Phi) is 9.41. The number of carbonyl (C=O) groups is 1. The Hall–Kier alpha value is -2.12. The largest absolute Gasteiger partial charge is 0.445 e. The Labute approximate surface area is 185 Å². The summed E-state index contributed by atoms with van der Waals surface area (Å²) in [7, 11) is 3.50. The normalized spacial score (nSPS) is 16.2. The van der Waals surface area contributed by atoms with Crippen LogP contribution in [0.5, 0.6) is 0 Å². The highest BCUT2D eigenvalue weighted by Crippen LogP contribution is 2.22. The Morgan fingerprint density at radius 1 is 1.38 bits per heavy atom. The van der Waals surface area contributed by atoms with Crippen molar-refractivity contribution in [2.24, 2.45) is 16.0 Å². The summed E-state index contributed by atoms with van der Waals surface area (Å²) >= 11 is 9.57. The van der Waals surface area contributed by atoms with Crippen molar-refractivity contribution in [3.63, 3.8) is 0 Å². The summed E-state index contributed by atoms with van der Waals surface area (Å²) in [6.45, 7) is 5.24. The summed E-state index contributed by atoms with van der Waals surface area (Å²) in [5.74, 6) is 0.232. The Balaban J connectivity index is 1.87. The van der Waals surface area contributed by atoms with Gasteiger partial charge in [0.25, 0.3) is 0 Å². The van der Waals surface area contributed by atoms with Gasteiger partial charge in [0.2, 0.25) is 0 Å². The molecule has 0 aromatic heterocycles. The number of allylic oxidation sites excluding steroid dienone is 2. The lowest BCUT2D eigenvalue weighted by atomic mass is 9.92. The van der Waals surface area contributed by atoms with Crippen LogP contribution in [0.3, 0.4) is 0 Å². The van der Waals surface area contributed by atoms with Gasteiger partial charge >= 0.3 is 6.09 Å². The molecule has 1 amide bonds. The summed E-state index contributed by atoms with van der Waals surface area (Å²) in [5, 5.41) is 6.18. The fourth-order valence-electron chi connectivity index (χ4n) is 2.95. The first-order valence-electron chi connectivity index (χ1n) is 9.32. The molecule has 1 fully saturated rings. The van der Waals surface area contributed by atoms with Gasteiger partial charge in [-0.2, -0.15) is 5.10 Å². The first kappa shape index (κ1) is 23.2. The molecule has 0 saturated carbocycles. The number of likely N-dealkylation sites (tertiary alicyclic amines) is 1. The maximum absolute atomic E-state index is 12.3. The van der Waals surface area contributed by atoms with Crippen LogP contribution in [-0.4, -0.2) is 55.1 Å². The third-order valence-electron chi connectivity index (χ3n) is 4.58. The lowest BCUT2D eigenvalue weighted by molar-refractivity contribution is 0.0865. The second-order valence-electron chi connectivity index (χ2n) is 6.63. The molecule has 1 aliphatic heterocycles. The number of hydrogen-bond donors (Lipinski definition) is 0. The molecule has 0 spiro atoms. The SMILES string of the molecule is C=C(Br)/C=N\N(C)/C(Cl)=C\C(=N/C)C1CCN(C(=O)OCc2ccccc2)CC1. The Morgan fingerprint density at radius 3 is 2.62 bits per heavy atom. The highest BCUT2D eigenvalue weighted by atomic mass is 79.9. The number of carbonyl (C=O) groups excluding carboxylic acids is 1. The molecule has 8 heteroatoms. The van der Waals surface area contributed by atoms with Crippen LogP contribution >= 0.6 is 27.5 Å². The van der Waals surface area contributed by atoms with E-state index in [9.17, 15) is 4.79 Å². The average Bonchev–Trinajstić information content (AvgIpc) is 2.74. The third-order valence-corrected chi connectivity index (χ3v) is 5.14. The van der Waals surface area contributed by atoms with E-state index in [1.165, 1.54) is 0 Å². The fourth-order valence-corrected chi connectivity index (χ4v) is 3.20. The minimum Gasteiger partial charge on any atom is -0.445 e. The smallest absolute Gasteiger partial charge is 0.410 e. The van der Waals surface area contributed by atoms with Crippen LogP contribution in [0.25, 0.3) is 0 Å². The van der Waals surface area contributed by atoms with E-state index in [0.29, 0.717) is 22.7 Å². The number of rotatable bonds is 7. The van der Waals surface area contributed by atoms with Crippen molar-refractivity contribution in [2.75, 3.05) is 27.2 Å². The molecule has 0 unspecified atom stereocenters. The summed E-state index contributed by atoms with van der Waals surface area (Å²) in [4.78, 5) is 18.5. The van der Waals surface area contributed by atoms with Crippen molar-refractivity contribution >= 4 is 45.6 Å². The zero-order chi connectivity index (χ0) is 21.2. The molecule has 0 N–H and O–H groups in total. The molecule has 0 radical (unpaired) electrons. The number of ether oxygens (including phenoxy) is 1. The van der Waals surface area contributed by atoms with Crippen LogP contribution < -0.4 is 0 Å². The highest BCUT2D eigenvalue weighted by molar-refractivity contribution is 9.12. The van der Waals surface area contributed by atoms with E-state index in [4.69, 9.17) is 16.3 Å². The van der Waals surface area contributed by atoms with E-state index in [0.717, 1.165) is 24.1 Å². The van der Waals surface area contributed by atoms with Crippen LogP contribution in [0.1, 0.15) is 18.4 Å². The molecule has 0 aliphatic carbocycles.